The van der Waals surface area contributed by atoms with E-state index in [4.69, 9.17) is 21.1 Å². The van der Waals surface area contributed by atoms with Gasteiger partial charge >= 0.3 is 0 Å². The minimum Gasteiger partial charge on any atom is -0.384 e. The fraction of sp³-hybridized carbons (Fsp3) is 0.750. The summed E-state index contributed by atoms with van der Waals surface area (Å²) in [5.41, 5.74) is 0.0345. The Morgan fingerprint density at radius 3 is 3.11 bits per heavy atom. The molecule has 18 heavy (non-hydrogen) atoms. The zero-order chi connectivity index (χ0) is 13.2. The molecule has 1 fully saturated rings. The molecule has 1 aromatic heterocycles. The van der Waals surface area contributed by atoms with E-state index < -0.39 is 11.7 Å². The number of ether oxygens (including phenoxy) is 2. The topological polar surface area (TPSA) is 56.5 Å². The molecule has 0 saturated carbocycles. The van der Waals surface area contributed by atoms with Gasteiger partial charge in [0.15, 0.2) is 0 Å². The molecule has 2 rings (SSSR count). The van der Waals surface area contributed by atoms with Crippen molar-refractivity contribution in [2.45, 2.75) is 38.0 Å². The Kier molecular flexibility index (Phi) is 4.27. The highest BCUT2D eigenvalue weighted by Crippen LogP contribution is 2.39. The molecule has 0 radical (unpaired) electrons. The zero-order valence-corrected chi connectivity index (χ0v) is 11.5. The molecule has 0 spiro atoms. The minimum atomic E-state index is -0.771. The van der Waals surface area contributed by atoms with Crippen molar-refractivity contribution in [2.24, 2.45) is 0 Å². The Labute approximate surface area is 112 Å². The summed E-state index contributed by atoms with van der Waals surface area (Å²) in [4.78, 5) is 0. The average molecular weight is 275 g/mol. The van der Waals surface area contributed by atoms with Crippen LogP contribution in [0.3, 0.4) is 0 Å². The second-order valence-electron chi connectivity index (χ2n) is 4.76. The standard InChI is InChI=1S/C12H19ClN2O3/c1-12(4-3-6-18-12)11(16)10-9(13)8-14-15(10)5-7-17-2/h8,11,16H,3-7H2,1-2H3. The van der Waals surface area contributed by atoms with E-state index in [-0.39, 0.29) is 0 Å². The van der Waals surface area contributed by atoms with Crippen LogP contribution in [0, 0.1) is 0 Å². The lowest BCUT2D eigenvalue weighted by atomic mass is 9.93. The summed E-state index contributed by atoms with van der Waals surface area (Å²) < 4.78 is 12.4. The van der Waals surface area contributed by atoms with Crippen LogP contribution >= 0.6 is 11.6 Å². The summed E-state index contributed by atoms with van der Waals surface area (Å²) in [6.07, 6.45) is 2.55. The maximum absolute atomic E-state index is 10.5. The third-order valence-corrected chi connectivity index (χ3v) is 3.72. The highest BCUT2D eigenvalue weighted by molar-refractivity contribution is 6.31. The molecule has 0 aromatic carbocycles. The number of aliphatic hydroxyl groups excluding tert-OH is 1. The second-order valence-corrected chi connectivity index (χ2v) is 5.17. The Morgan fingerprint density at radius 2 is 2.50 bits per heavy atom. The molecule has 1 aliphatic heterocycles. The summed E-state index contributed by atoms with van der Waals surface area (Å²) in [5, 5.41) is 15.2. The first kappa shape index (κ1) is 13.8. The van der Waals surface area contributed by atoms with Crippen molar-refractivity contribution >= 4 is 11.6 Å². The third-order valence-electron chi connectivity index (χ3n) is 3.43. The van der Waals surface area contributed by atoms with E-state index in [1.165, 1.54) is 0 Å². The smallest absolute Gasteiger partial charge is 0.126 e. The normalized spacial score (nSPS) is 25.6. The number of halogens is 1. The van der Waals surface area contributed by atoms with Crippen molar-refractivity contribution in [1.29, 1.82) is 0 Å². The lowest BCUT2D eigenvalue weighted by Gasteiger charge is -2.29. The number of hydrogen-bond acceptors (Lipinski definition) is 4. The molecular formula is C12H19ClN2O3. The Morgan fingerprint density at radius 1 is 1.72 bits per heavy atom. The maximum Gasteiger partial charge on any atom is 0.126 e. The number of aromatic nitrogens is 2. The molecule has 6 heteroatoms. The first-order chi connectivity index (χ1) is 8.58. The van der Waals surface area contributed by atoms with Crippen LogP contribution in [0.1, 0.15) is 31.6 Å². The maximum atomic E-state index is 10.5. The molecule has 0 bridgehead atoms. The Balaban J connectivity index is 2.23. The number of aliphatic hydroxyl groups is 1. The van der Waals surface area contributed by atoms with E-state index >= 15 is 0 Å². The average Bonchev–Trinajstić information content (AvgIpc) is 2.93. The highest BCUT2D eigenvalue weighted by atomic mass is 35.5. The van der Waals surface area contributed by atoms with Gasteiger partial charge in [-0.25, -0.2) is 0 Å². The molecule has 1 N–H and O–H groups in total. The largest absolute Gasteiger partial charge is 0.384 e. The SMILES string of the molecule is COCCn1ncc(Cl)c1C(O)C1(C)CCCO1. The minimum absolute atomic E-state index is 0.468. The molecule has 0 aliphatic carbocycles. The zero-order valence-electron chi connectivity index (χ0n) is 10.7. The Hall–Kier alpha value is -0.620. The summed E-state index contributed by atoms with van der Waals surface area (Å²) >= 11 is 6.12. The monoisotopic (exact) mass is 274 g/mol. The van der Waals surface area contributed by atoms with Gasteiger partial charge in [0.25, 0.3) is 0 Å². The molecule has 102 valence electrons. The lowest BCUT2D eigenvalue weighted by Crippen LogP contribution is -2.33. The number of hydrogen-bond donors (Lipinski definition) is 1. The van der Waals surface area contributed by atoms with Gasteiger partial charge < -0.3 is 14.6 Å². The van der Waals surface area contributed by atoms with Crippen molar-refractivity contribution < 1.29 is 14.6 Å². The van der Waals surface area contributed by atoms with E-state index in [2.05, 4.69) is 5.10 Å². The van der Waals surface area contributed by atoms with Crippen LogP contribution < -0.4 is 0 Å². The van der Waals surface area contributed by atoms with Crippen molar-refractivity contribution in [3.63, 3.8) is 0 Å². The molecule has 2 unspecified atom stereocenters. The van der Waals surface area contributed by atoms with Gasteiger partial charge in [-0.1, -0.05) is 11.6 Å². The molecular weight excluding hydrogens is 256 g/mol. The quantitative estimate of drug-likeness (QED) is 0.889. The lowest BCUT2D eigenvalue weighted by molar-refractivity contribution is -0.0831. The third kappa shape index (κ3) is 2.54. The van der Waals surface area contributed by atoms with Crippen LogP contribution in [0.15, 0.2) is 6.20 Å². The molecule has 1 aromatic rings. The van der Waals surface area contributed by atoms with Crippen LogP contribution in [0.5, 0.6) is 0 Å². The van der Waals surface area contributed by atoms with E-state index in [1.807, 2.05) is 6.92 Å². The molecule has 1 aliphatic rings. The fourth-order valence-electron chi connectivity index (χ4n) is 2.31. The van der Waals surface area contributed by atoms with Gasteiger partial charge in [-0.2, -0.15) is 5.10 Å². The van der Waals surface area contributed by atoms with Gasteiger partial charge in [-0.3, -0.25) is 4.68 Å². The van der Waals surface area contributed by atoms with Gasteiger partial charge in [0, 0.05) is 13.7 Å². The number of rotatable bonds is 5. The Bertz CT molecular complexity index is 402. The van der Waals surface area contributed by atoms with E-state index in [0.717, 1.165) is 12.8 Å². The first-order valence-electron chi connectivity index (χ1n) is 6.10. The van der Waals surface area contributed by atoms with Gasteiger partial charge in [0.05, 0.1) is 35.7 Å². The van der Waals surface area contributed by atoms with Crippen LogP contribution in [0.25, 0.3) is 0 Å². The molecule has 2 atom stereocenters. The molecule has 5 nitrogen and oxygen atoms in total. The van der Waals surface area contributed by atoms with E-state index in [0.29, 0.717) is 30.5 Å². The van der Waals surface area contributed by atoms with Crippen molar-refractivity contribution in [3.8, 4) is 0 Å². The second kappa shape index (κ2) is 5.57. The first-order valence-corrected chi connectivity index (χ1v) is 6.48. The predicted molar refractivity (Wildman–Crippen MR) is 67.7 cm³/mol. The van der Waals surface area contributed by atoms with Gasteiger partial charge in [0.2, 0.25) is 0 Å². The number of nitrogens with zero attached hydrogens (tertiary/aromatic N) is 2. The molecule has 0 amide bonds. The van der Waals surface area contributed by atoms with Crippen molar-refractivity contribution in [2.75, 3.05) is 20.3 Å². The summed E-state index contributed by atoms with van der Waals surface area (Å²) in [7, 11) is 1.63. The van der Waals surface area contributed by atoms with Crippen LogP contribution in [-0.2, 0) is 16.0 Å². The van der Waals surface area contributed by atoms with Crippen LogP contribution in [0.4, 0.5) is 0 Å². The van der Waals surface area contributed by atoms with Gasteiger partial charge in [0.1, 0.15) is 6.10 Å². The fourth-order valence-corrected chi connectivity index (χ4v) is 2.55. The van der Waals surface area contributed by atoms with E-state index in [9.17, 15) is 5.11 Å². The van der Waals surface area contributed by atoms with Crippen LogP contribution in [-0.4, -0.2) is 40.8 Å². The van der Waals surface area contributed by atoms with Crippen molar-refractivity contribution in [1.82, 2.24) is 9.78 Å². The summed E-state index contributed by atoms with van der Waals surface area (Å²) in [6.45, 7) is 3.67. The van der Waals surface area contributed by atoms with Gasteiger partial charge in [-0.05, 0) is 19.8 Å². The van der Waals surface area contributed by atoms with Crippen molar-refractivity contribution in [3.05, 3.63) is 16.9 Å². The summed E-state index contributed by atoms with van der Waals surface area (Å²) in [5.74, 6) is 0. The molecule has 1 saturated heterocycles. The van der Waals surface area contributed by atoms with Gasteiger partial charge in [-0.15, -0.1) is 0 Å². The van der Waals surface area contributed by atoms with E-state index in [1.54, 1.807) is 18.0 Å². The summed E-state index contributed by atoms with van der Waals surface area (Å²) in [6, 6.07) is 0. The predicted octanol–water partition coefficient (Wildman–Crippen LogP) is 1.79. The van der Waals surface area contributed by atoms with Crippen LogP contribution in [0.2, 0.25) is 5.02 Å². The molecule has 2 heterocycles. The number of methoxy groups -OCH3 is 1. The highest BCUT2D eigenvalue weighted by Gasteiger charge is 2.40.